The standard InChI is InChI=1S/C20H25N3O/c1-3-14-4-6-15(7-5-14)12-23-16-8-9-17(23)11-19-18(10-16)20(24)22-13(2)21-19/h4-7,16-17H,3,8-12H2,1-2H3,(H,21,22,24)/t16-,17-/m1/s1. The fraction of sp³-hybridized carbons (Fsp3) is 0.500. The van der Waals surface area contributed by atoms with Gasteiger partial charge in [-0.3, -0.25) is 9.69 Å². The van der Waals surface area contributed by atoms with Crippen molar-refractivity contribution in [1.82, 2.24) is 14.9 Å². The highest BCUT2D eigenvalue weighted by atomic mass is 16.1. The molecule has 2 aromatic rings. The maximum atomic E-state index is 12.3. The molecule has 4 heteroatoms. The van der Waals surface area contributed by atoms with Crippen LogP contribution in [0, 0.1) is 6.92 Å². The number of aromatic amines is 1. The number of fused-ring (bicyclic) bond motifs is 3. The Labute approximate surface area is 142 Å². The third-order valence-corrected chi connectivity index (χ3v) is 5.66. The number of hydrogen-bond acceptors (Lipinski definition) is 3. The molecule has 0 unspecified atom stereocenters. The Bertz CT molecular complexity index is 794. The summed E-state index contributed by atoms with van der Waals surface area (Å²) < 4.78 is 0. The van der Waals surface area contributed by atoms with Crippen LogP contribution < -0.4 is 5.56 Å². The summed E-state index contributed by atoms with van der Waals surface area (Å²) in [6, 6.07) is 9.96. The van der Waals surface area contributed by atoms with E-state index in [4.69, 9.17) is 0 Å². The van der Waals surface area contributed by atoms with Crippen LogP contribution in [0.25, 0.3) is 0 Å². The van der Waals surface area contributed by atoms with E-state index >= 15 is 0 Å². The van der Waals surface area contributed by atoms with E-state index in [1.807, 2.05) is 6.92 Å². The number of benzene rings is 1. The summed E-state index contributed by atoms with van der Waals surface area (Å²) in [5.41, 5.74) is 4.76. The largest absolute Gasteiger partial charge is 0.311 e. The van der Waals surface area contributed by atoms with Crippen LogP contribution in [0.1, 0.15) is 48.0 Å². The molecular weight excluding hydrogens is 298 g/mol. The van der Waals surface area contributed by atoms with Crippen LogP contribution >= 0.6 is 0 Å². The summed E-state index contributed by atoms with van der Waals surface area (Å²) in [5.74, 6) is 0.734. The van der Waals surface area contributed by atoms with Crippen LogP contribution in [0.2, 0.25) is 0 Å². The molecule has 24 heavy (non-hydrogen) atoms. The van der Waals surface area contributed by atoms with Crippen molar-refractivity contribution in [2.24, 2.45) is 0 Å². The zero-order valence-electron chi connectivity index (χ0n) is 14.5. The van der Waals surface area contributed by atoms with Gasteiger partial charge in [-0.05, 0) is 43.7 Å². The fourth-order valence-corrected chi connectivity index (χ4v) is 4.31. The first-order valence-corrected chi connectivity index (χ1v) is 9.06. The lowest BCUT2D eigenvalue weighted by Gasteiger charge is -2.28. The lowest BCUT2D eigenvalue weighted by atomic mass is 9.98. The molecule has 2 aliphatic rings. The van der Waals surface area contributed by atoms with Gasteiger partial charge in [0.25, 0.3) is 5.56 Å². The van der Waals surface area contributed by atoms with E-state index in [0.29, 0.717) is 12.1 Å². The number of hydrogen-bond donors (Lipinski definition) is 1. The van der Waals surface area contributed by atoms with Crippen molar-refractivity contribution < 1.29 is 0 Å². The first-order valence-electron chi connectivity index (χ1n) is 9.06. The fourth-order valence-electron chi connectivity index (χ4n) is 4.31. The Morgan fingerprint density at radius 2 is 1.79 bits per heavy atom. The van der Waals surface area contributed by atoms with E-state index in [1.54, 1.807) is 0 Å². The molecule has 0 spiro atoms. The summed E-state index contributed by atoms with van der Waals surface area (Å²) >= 11 is 0. The Morgan fingerprint density at radius 3 is 2.50 bits per heavy atom. The Morgan fingerprint density at radius 1 is 1.12 bits per heavy atom. The first kappa shape index (κ1) is 15.6. The van der Waals surface area contributed by atoms with Crippen molar-refractivity contribution in [1.29, 1.82) is 0 Å². The van der Waals surface area contributed by atoms with Gasteiger partial charge in [-0.1, -0.05) is 31.2 Å². The average Bonchev–Trinajstić information content (AvgIpc) is 2.84. The van der Waals surface area contributed by atoms with Gasteiger partial charge in [-0.15, -0.1) is 0 Å². The maximum Gasteiger partial charge on any atom is 0.254 e. The molecule has 126 valence electrons. The number of rotatable bonds is 3. The summed E-state index contributed by atoms with van der Waals surface area (Å²) in [5, 5.41) is 0. The van der Waals surface area contributed by atoms with Crippen molar-refractivity contribution in [3.8, 4) is 0 Å². The highest BCUT2D eigenvalue weighted by molar-refractivity contribution is 5.26. The molecule has 1 saturated heterocycles. The van der Waals surface area contributed by atoms with E-state index < -0.39 is 0 Å². The molecule has 0 amide bonds. The van der Waals surface area contributed by atoms with Gasteiger partial charge in [0.2, 0.25) is 0 Å². The second kappa shape index (κ2) is 6.17. The minimum Gasteiger partial charge on any atom is -0.311 e. The number of nitrogens with one attached hydrogen (secondary N) is 1. The number of aryl methyl sites for hydroxylation is 2. The number of aromatic nitrogens is 2. The number of nitrogens with zero attached hydrogens (tertiary/aromatic N) is 2. The zero-order valence-corrected chi connectivity index (χ0v) is 14.5. The monoisotopic (exact) mass is 323 g/mol. The molecule has 4 nitrogen and oxygen atoms in total. The van der Waals surface area contributed by atoms with Crippen molar-refractivity contribution >= 4 is 0 Å². The molecule has 2 aliphatic heterocycles. The van der Waals surface area contributed by atoms with Gasteiger partial charge in [0.1, 0.15) is 5.82 Å². The van der Waals surface area contributed by atoms with Crippen molar-refractivity contribution in [3.05, 3.63) is 62.8 Å². The van der Waals surface area contributed by atoms with Gasteiger partial charge >= 0.3 is 0 Å². The van der Waals surface area contributed by atoms with Gasteiger partial charge in [-0.25, -0.2) is 4.98 Å². The SMILES string of the molecule is CCc1ccc(CN2[C@@H]3CC[C@@H]2Cc2c(nc(C)[nH]c2=O)C3)cc1. The third-order valence-electron chi connectivity index (χ3n) is 5.66. The molecule has 1 N–H and O–H groups in total. The van der Waals surface area contributed by atoms with E-state index in [9.17, 15) is 4.79 Å². The van der Waals surface area contributed by atoms with Crippen molar-refractivity contribution in [2.75, 3.05) is 0 Å². The highest BCUT2D eigenvalue weighted by Crippen LogP contribution is 2.33. The summed E-state index contributed by atoms with van der Waals surface area (Å²) in [6.45, 7) is 5.04. The first-order chi connectivity index (χ1) is 11.6. The Hall–Kier alpha value is -1.94. The summed E-state index contributed by atoms with van der Waals surface area (Å²) in [6.07, 6.45) is 5.22. The lowest BCUT2D eigenvalue weighted by molar-refractivity contribution is 0.187. The molecule has 1 fully saturated rings. The van der Waals surface area contributed by atoms with Crippen LogP contribution in [-0.2, 0) is 25.8 Å². The second-order valence-corrected chi connectivity index (χ2v) is 7.21. The third kappa shape index (κ3) is 2.80. The van der Waals surface area contributed by atoms with Gasteiger partial charge in [-0.2, -0.15) is 0 Å². The zero-order chi connectivity index (χ0) is 16.7. The van der Waals surface area contributed by atoms with E-state index in [0.717, 1.165) is 42.9 Å². The van der Waals surface area contributed by atoms with Crippen LogP contribution in [-0.4, -0.2) is 27.0 Å². The van der Waals surface area contributed by atoms with Crippen LogP contribution in [0.5, 0.6) is 0 Å². The molecule has 0 aliphatic carbocycles. The highest BCUT2D eigenvalue weighted by Gasteiger charge is 2.38. The van der Waals surface area contributed by atoms with Crippen LogP contribution in [0.3, 0.4) is 0 Å². The van der Waals surface area contributed by atoms with E-state index in [1.165, 1.54) is 24.0 Å². The molecule has 2 bridgehead atoms. The molecule has 1 aromatic heterocycles. The summed E-state index contributed by atoms with van der Waals surface area (Å²) in [7, 11) is 0. The maximum absolute atomic E-state index is 12.3. The second-order valence-electron chi connectivity index (χ2n) is 7.21. The lowest BCUT2D eigenvalue weighted by Crippen LogP contribution is -2.36. The minimum absolute atomic E-state index is 0.0669. The van der Waals surface area contributed by atoms with Crippen molar-refractivity contribution in [2.45, 2.75) is 64.6 Å². The molecule has 2 atom stereocenters. The predicted molar refractivity (Wildman–Crippen MR) is 95.2 cm³/mol. The predicted octanol–water partition coefficient (Wildman–Crippen LogP) is 2.77. The Balaban J connectivity index is 1.60. The normalized spacial score (nSPS) is 23.1. The van der Waals surface area contributed by atoms with Crippen molar-refractivity contribution in [3.63, 3.8) is 0 Å². The molecule has 0 radical (unpaired) electrons. The topological polar surface area (TPSA) is 49.0 Å². The van der Waals surface area contributed by atoms with Crippen LogP contribution in [0.15, 0.2) is 29.1 Å². The average molecular weight is 323 g/mol. The van der Waals surface area contributed by atoms with E-state index in [2.05, 4.69) is 46.1 Å². The van der Waals surface area contributed by atoms with Crippen LogP contribution in [0.4, 0.5) is 0 Å². The molecule has 4 rings (SSSR count). The van der Waals surface area contributed by atoms with Gasteiger partial charge in [0, 0.05) is 30.6 Å². The van der Waals surface area contributed by atoms with Gasteiger partial charge in [0.15, 0.2) is 0 Å². The quantitative estimate of drug-likeness (QED) is 0.945. The smallest absolute Gasteiger partial charge is 0.254 e. The summed E-state index contributed by atoms with van der Waals surface area (Å²) in [4.78, 5) is 22.5. The minimum atomic E-state index is 0.0669. The van der Waals surface area contributed by atoms with E-state index in [-0.39, 0.29) is 5.56 Å². The Kier molecular flexibility index (Phi) is 4.01. The molecule has 3 heterocycles. The number of H-pyrrole nitrogens is 1. The van der Waals surface area contributed by atoms with Gasteiger partial charge in [0.05, 0.1) is 5.69 Å². The van der Waals surface area contributed by atoms with Gasteiger partial charge < -0.3 is 4.98 Å². The molecular formula is C20H25N3O. The molecule has 1 aromatic carbocycles. The molecule has 0 saturated carbocycles.